The van der Waals surface area contributed by atoms with Crippen LogP contribution >= 0.6 is 23.5 Å². The molecule has 0 aliphatic carbocycles. The van der Waals surface area contributed by atoms with Gasteiger partial charge in [-0.25, -0.2) is 4.98 Å². The van der Waals surface area contributed by atoms with Crippen LogP contribution in [-0.2, 0) is 6.54 Å². The van der Waals surface area contributed by atoms with E-state index in [9.17, 15) is 0 Å². The Labute approximate surface area is 134 Å². The molecule has 1 atom stereocenters. The van der Waals surface area contributed by atoms with E-state index < -0.39 is 0 Å². The normalized spacial score (nSPS) is 18.8. The van der Waals surface area contributed by atoms with Crippen LogP contribution in [-0.4, -0.2) is 38.6 Å². The highest BCUT2D eigenvalue weighted by molar-refractivity contribution is 8.06. The fraction of sp³-hybridized carbons (Fsp3) is 0.438. The molecule has 0 amide bonds. The molecule has 21 heavy (non-hydrogen) atoms. The smallest absolute Gasteiger partial charge is 0.110 e. The highest BCUT2D eigenvalue weighted by Crippen LogP contribution is 2.23. The predicted octanol–water partition coefficient (Wildman–Crippen LogP) is 3.12. The number of aromatic nitrogens is 2. The molecule has 3 rings (SSSR count). The Morgan fingerprint density at radius 1 is 1.29 bits per heavy atom. The van der Waals surface area contributed by atoms with Gasteiger partial charge >= 0.3 is 0 Å². The van der Waals surface area contributed by atoms with Gasteiger partial charge in [0.25, 0.3) is 0 Å². The minimum absolute atomic E-state index is 0.748. The topological polar surface area (TPSA) is 29.9 Å². The number of benzene rings is 1. The molecule has 0 bridgehead atoms. The van der Waals surface area contributed by atoms with Gasteiger partial charge in [-0.1, -0.05) is 18.2 Å². The van der Waals surface area contributed by atoms with E-state index in [0.29, 0.717) is 0 Å². The molecule has 1 aromatic heterocycles. The van der Waals surface area contributed by atoms with Crippen LogP contribution in [0.4, 0.5) is 0 Å². The van der Waals surface area contributed by atoms with Crippen molar-refractivity contribution in [1.29, 1.82) is 0 Å². The number of aryl methyl sites for hydroxylation is 1. The molecule has 1 saturated heterocycles. The number of para-hydroxylation sites is 1. The molecule has 2 heterocycles. The zero-order valence-corrected chi connectivity index (χ0v) is 13.9. The Kier molecular flexibility index (Phi) is 5.27. The van der Waals surface area contributed by atoms with Gasteiger partial charge in [0.05, 0.1) is 11.9 Å². The van der Waals surface area contributed by atoms with Crippen molar-refractivity contribution in [3.8, 4) is 5.69 Å². The number of rotatable bonds is 5. The second-order valence-corrected chi connectivity index (χ2v) is 7.72. The van der Waals surface area contributed by atoms with Crippen LogP contribution in [0.5, 0.6) is 0 Å². The molecule has 0 saturated carbocycles. The standard InChI is InChI=1S/C16H21N3S2/c1-13-18-10-15(19(13)14-5-3-2-4-6-14)9-17-11-16-12-20-7-8-21-16/h2-6,10,16-17H,7-9,11-12H2,1H3. The molecule has 2 aromatic rings. The van der Waals surface area contributed by atoms with E-state index in [0.717, 1.165) is 24.2 Å². The van der Waals surface area contributed by atoms with Gasteiger partial charge in [-0.15, -0.1) is 0 Å². The minimum atomic E-state index is 0.748. The Hall–Kier alpha value is -0.910. The van der Waals surface area contributed by atoms with Crippen LogP contribution in [0.3, 0.4) is 0 Å². The van der Waals surface area contributed by atoms with E-state index in [1.54, 1.807) is 0 Å². The van der Waals surface area contributed by atoms with Crippen molar-refractivity contribution in [2.45, 2.75) is 18.7 Å². The molecule has 112 valence electrons. The lowest BCUT2D eigenvalue weighted by atomic mass is 10.3. The minimum Gasteiger partial charge on any atom is -0.310 e. The largest absolute Gasteiger partial charge is 0.310 e. The average Bonchev–Trinajstić information content (AvgIpc) is 2.90. The SMILES string of the molecule is Cc1ncc(CNCC2CSCCS2)n1-c1ccccc1. The summed E-state index contributed by atoms with van der Waals surface area (Å²) < 4.78 is 2.23. The zero-order chi connectivity index (χ0) is 14.5. The van der Waals surface area contributed by atoms with Crippen molar-refractivity contribution < 1.29 is 0 Å². The molecule has 5 heteroatoms. The Bertz CT molecular complexity index is 562. The van der Waals surface area contributed by atoms with E-state index in [4.69, 9.17) is 0 Å². The number of nitrogens with zero attached hydrogens (tertiary/aromatic N) is 2. The fourth-order valence-electron chi connectivity index (χ4n) is 2.56. The molecule has 1 unspecified atom stereocenters. The molecule has 0 spiro atoms. The first-order chi connectivity index (χ1) is 10.3. The quantitative estimate of drug-likeness (QED) is 0.917. The van der Waals surface area contributed by atoms with Gasteiger partial charge in [0, 0.05) is 41.3 Å². The lowest BCUT2D eigenvalue weighted by Crippen LogP contribution is -2.29. The van der Waals surface area contributed by atoms with Crippen molar-refractivity contribution in [3.05, 3.63) is 48.0 Å². The third kappa shape index (κ3) is 3.84. The summed E-state index contributed by atoms with van der Waals surface area (Å²) in [6.45, 7) is 4.01. The van der Waals surface area contributed by atoms with Crippen molar-refractivity contribution in [2.75, 3.05) is 23.8 Å². The van der Waals surface area contributed by atoms with Crippen LogP contribution in [0, 0.1) is 6.92 Å². The van der Waals surface area contributed by atoms with Gasteiger partial charge in [0.1, 0.15) is 5.82 Å². The maximum absolute atomic E-state index is 4.47. The van der Waals surface area contributed by atoms with Crippen molar-refractivity contribution in [2.24, 2.45) is 0 Å². The maximum Gasteiger partial charge on any atom is 0.110 e. The van der Waals surface area contributed by atoms with E-state index in [-0.39, 0.29) is 0 Å². The van der Waals surface area contributed by atoms with E-state index in [2.05, 4.69) is 69.6 Å². The van der Waals surface area contributed by atoms with Gasteiger partial charge < -0.3 is 5.32 Å². The van der Waals surface area contributed by atoms with Gasteiger partial charge in [-0.2, -0.15) is 23.5 Å². The summed E-state index contributed by atoms with van der Waals surface area (Å²) in [6.07, 6.45) is 1.98. The highest BCUT2D eigenvalue weighted by atomic mass is 32.2. The molecule has 1 N–H and O–H groups in total. The first-order valence-corrected chi connectivity index (χ1v) is 9.53. The summed E-state index contributed by atoms with van der Waals surface area (Å²) >= 11 is 4.17. The number of hydrogen-bond donors (Lipinski definition) is 1. The average molecular weight is 319 g/mol. The van der Waals surface area contributed by atoms with Gasteiger partial charge in [-0.3, -0.25) is 4.57 Å². The predicted molar refractivity (Wildman–Crippen MR) is 93.6 cm³/mol. The molecule has 1 aliphatic heterocycles. The monoisotopic (exact) mass is 319 g/mol. The van der Waals surface area contributed by atoms with Crippen molar-refractivity contribution in [1.82, 2.24) is 14.9 Å². The zero-order valence-electron chi connectivity index (χ0n) is 12.3. The molecule has 1 aliphatic rings. The van der Waals surface area contributed by atoms with Crippen molar-refractivity contribution in [3.63, 3.8) is 0 Å². The number of hydrogen-bond acceptors (Lipinski definition) is 4. The number of thioether (sulfide) groups is 2. The van der Waals surface area contributed by atoms with Crippen LogP contribution in [0.15, 0.2) is 36.5 Å². The van der Waals surface area contributed by atoms with Crippen LogP contribution in [0.2, 0.25) is 0 Å². The van der Waals surface area contributed by atoms with Crippen LogP contribution in [0.1, 0.15) is 11.5 Å². The Morgan fingerprint density at radius 2 is 2.14 bits per heavy atom. The van der Waals surface area contributed by atoms with Crippen LogP contribution in [0.25, 0.3) is 5.69 Å². The Morgan fingerprint density at radius 3 is 2.90 bits per heavy atom. The lowest BCUT2D eigenvalue weighted by molar-refractivity contribution is 0.663. The lowest BCUT2D eigenvalue weighted by Gasteiger charge is -2.21. The summed E-state index contributed by atoms with van der Waals surface area (Å²) in [5, 5.41) is 4.35. The summed E-state index contributed by atoms with van der Waals surface area (Å²) in [6, 6.07) is 10.5. The van der Waals surface area contributed by atoms with Crippen molar-refractivity contribution >= 4 is 23.5 Å². The van der Waals surface area contributed by atoms with Gasteiger partial charge in [0.15, 0.2) is 0 Å². The van der Waals surface area contributed by atoms with E-state index in [1.807, 2.05) is 12.3 Å². The molecule has 1 aromatic carbocycles. The molecule has 3 nitrogen and oxygen atoms in total. The maximum atomic E-state index is 4.47. The molecule has 1 fully saturated rings. The third-order valence-corrected chi connectivity index (χ3v) is 6.43. The molecular weight excluding hydrogens is 298 g/mol. The molecule has 0 radical (unpaired) electrons. The van der Waals surface area contributed by atoms with E-state index >= 15 is 0 Å². The number of nitrogens with one attached hydrogen (secondary N) is 1. The highest BCUT2D eigenvalue weighted by Gasteiger charge is 2.14. The summed E-state index contributed by atoms with van der Waals surface area (Å²) in [5.41, 5.74) is 2.42. The van der Waals surface area contributed by atoms with Gasteiger partial charge in [0.2, 0.25) is 0 Å². The Balaban J connectivity index is 1.63. The molecular formula is C16H21N3S2. The summed E-state index contributed by atoms with van der Waals surface area (Å²) in [5.74, 6) is 4.91. The second-order valence-electron chi connectivity index (χ2n) is 5.17. The first kappa shape index (κ1) is 15.0. The summed E-state index contributed by atoms with van der Waals surface area (Å²) in [7, 11) is 0. The van der Waals surface area contributed by atoms with Gasteiger partial charge in [-0.05, 0) is 19.1 Å². The van der Waals surface area contributed by atoms with Crippen LogP contribution < -0.4 is 5.32 Å². The first-order valence-electron chi connectivity index (χ1n) is 7.33. The second kappa shape index (κ2) is 7.38. The third-order valence-electron chi connectivity index (χ3n) is 3.59. The van der Waals surface area contributed by atoms with E-state index in [1.165, 1.54) is 28.6 Å². The number of imidazole rings is 1. The fourth-order valence-corrected chi connectivity index (χ4v) is 5.21. The summed E-state index contributed by atoms with van der Waals surface area (Å²) in [4.78, 5) is 4.47.